The molecule has 1 aliphatic heterocycles. The topological polar surface area (TPSA) is 21.1 Å². The van der Waals surface area contributed by atoms with E-state index in [-0.39, 0.29) is 0 Å². The van der Waals surface area contributed by atoms with Crippen molar-refractivity contribution in [2.45, 2.75) is 31.7 Å². The van der Waals surface area contributed by atoms with Crippen LogP contribution in [0.3, 0.4) is 0 Å². The molecular formula is C17H22ClN3. The third-order valence-electron chi connectivity index (χ3n) is 4.27. The van der Waals surface area contributed by atoms with Gasteiger partial charge in [0, 0.05) is 30.5 Å². The van der Waals surface area contributed by atoms with Gasteiger partial charge in [-0.3, -0.25) is 4.68 Å². The summed E-state index contributed by atoms with van der Waals surface area (Å²) in [5.74, 6) is 0.653. The van der Waals surface area contributed by atoms with Crippen molar-refractivity contribution in [1.29, 1.82) is 0 Å². The summed E-state index contributed by atoms with van der Waals surface area (Å²) in [6, 6.07) is 10.4. The zero-order chi connectivity index (χ0) is 14.5. The van der Waals surface area contributed by atoms with E-state index in [1.54, 1.807) is 0 Å². The maximum atomic E-state index is 5.98. The second kappa shape index (κ2) is 7.10. The summed E-state index contributed by atoms with van der Waals surface area (Å²) >= 11 is 5.98. The van der Waals surface area contributed by atoms with Gasteiger partial charge in [0.05, 0.1) is 0 Å². The van der Waals surface area contributed by atoms with E-state index in [4.69, 9.17) is 11.6 Å². The van der Waals surface area contributed by atoms with Crippen LogP contribution in [0.5, 0.6) is 0 Å². The van der Waals surface area contributed by atoms with Crippen molar-refractivity contribution in [3.63, 3.8) is 0 Å². The Kier molecular flexibility index (Phi) is 4.94. The van der Waals surface area contributed by atoms with Crippen LogP contribution >= 0.6 is 11.6 Å². The molecule has 21 heavy (non-hydrogen) atoms. The van der Waals surface area contributed by atoms with E-state index in [1.165, 1.54) is 31.5 Å². The number of likely N-dealkylation sites (tertiary alicyclic amines) is 1. The molecule has 1 aromatic carbocycles. The summed E-state index contributed by atoms with van der Waals surface area (Å²) in [6.45, 7) is 4.56. The van der Waals surface area contributed by atoms with Crippen LogP contribution in [0.15, 0.2) is 42.7 Å². The highest BCUT2D eigenvalue weighted by Crippen LogP contribution is 2.27. The Balaban J connectivity index is 1.49. The van der Waals surface area contributed by atoms with Crippen molar-refractivity contribution >= 4 is 11.6 Å². The Hall–Kier alpha value is -1.32. The lowest BCUT2D eigenvalue weighted by Crippen LogP contribution is -2.35. The molecular weight excluding hydrogens is 282 g/mol. The van der Waals surface area contributed by atoms with Gasteiger partial charge < -0.3 is 4.90 Å². The van der Waals surface area contributed by atoms with Crippen molar-refractivity contribution in [3.8, 4) is 0 Å². The SMILES string of the molecule is Clc1ccc(C2CCCN(CCCn3cccn3)C2)cc1. The Bertz CT molecular complexity index is 536. The fraction of sp³-hybridized carbons (Fsp3) is 0.471. The van der Waals surface area contributed by atoms with Crippen molar-refractivity contribution in [2.75, 3.05) is 19.6 Å². The molecule has 1 aromatic heterocycles. The monoisotopic (exact) mass is 303 g/mol. The van der Waals surface area contributed by atoms with E-state index in [0.29, 0.717) is 5.92 Å². The zero-order valence-corrected chi connectivity index (χ0v) is 13.0. The number of aryl methyl sites for hydroxylation is 1. The number of piperidine rings is 1. The Morgan fingerprint density at radius 2 is 2.05 bits per heavy atom. The number of benzene rings is 1. The largest absolute Gasteiger partial charge is 0.303 e. The molecule has 1 fully saturated rings. The van der Waals surface area contributed by atoms with Crippen LogP contribution in [0.25, 0.3) is 0 Å². The van der Waals surface area contributed by atoms with Crippen LogP contribution in [0.2, 0.25) is 5.02 Å². The van der Waals surface area contributed by atoms with E-state index in [1.807, 2.05) is 35.3 Å². The van der Waals surface area contributed by atoms with Gasteiger partial charge in [0.25, 0.3) is 0 Å². The minimum Gasteiger partial charge on any atom is -0.303 e. The molecule has 0 N–H and O–H groups in total. The van der Waals surface area contributed by atoms with Crippen molar-refractivity contribution in [3.05, 3.63) is 53.3 Å². The van der Waals surface area contributed by atoms with Gasteiger partial charge in [0.1, 0.15) is 0 Å². The summed E-state index contributed by atoms with van der Waals surface area (Å²) in [6.07, 6.45) is 7.62. The number of hydrogen-bond donors (Lipinski definition) is 0. The quantitative estimate of drug-likeness (QED) is 0.837. The fourth-order valence-electron chi connectivity index (χ4n) is 3.15. The first kappa shape index (κ1) is 14.6. The lowest BCUT2D eigenvalue weighted by molar-refractivity contribution is 0.202. The van der Waals surface area contributed by atoms with Gasteiger partial charge in [0.2, 0.25) is 0 Å². The Labute approximate surface area is 131 Å². The second-order valence-corrected chi connectivity index (χ2v) is 6.25. The summed E-state index contributed by atoms with van der Waals surface area (Å²) in [7, 11) is 0. The predicted octanol–water partition coefficient (Wildman–Crippen LogP) is 3.81. The highest BCUT2D eigenvalue weighted by Gasteiger charge is 2.20. The molecule has 112 valence electrons. The molecule has 3 nitrogen and oxygen atoms in total. The summed E-state index contributed by atoms with van der Waals surface area (Å²) in [4.78, 5) is 2.59. The van der Waals surface area contributed by atoms with Crippen molar-refractivity contribution in [2.24, 2.45) is 0 Å². The fourth-order valence-corrected chi connectivity index (χ4v) is 3.28. The molecule has 1 unspecified atom stereocenters. The number of hydrogen-bond acceptors (Lipinski definition) is 2. The van der Waals surface area contributed by atoms with Gasteiger partial charge >= 0.3 is 0 Å². The van der Waals surface area contributed by atoms with Gasteiger partial charge in [-0.25, -0.2) is 0 Å². The minimum atomic E-state index is 0.653. The molecule has 0 aliphatic carbocycles. The van der Waals surface area contributed by atoms with Crippen LogP contribution in [-0.2, 0) is 6.54 Å². The van der Waals surface area contributed by atoms with Crippen LogP contribution in [0, 0.1) is 0 Å². The highest BCUT2D eigenvalue weighted by atomic mass is 35.5. The van der Waals surface area contributed by atoms with Gasteiger partial charge in [0.15, 0.2) is 0 Å². The molecule has 2 aromatic rings. The average Bonchev–Trinajstić information content (AvgIpc) is 3.02. The number of aromatic nitrogens is 2. The maximum absolute atomic E-state index is 5.98. The smallest absolute Gasteiger partial charge is 0.0489 e. The summed E-state index contributed by atoms with van der Waals surface area (Å²) < 4.78 is 2.01. The lowest BCUT2D eigenvalue weighted by Gasteiger charge is -2.33. The first-order chi connectivity index (χ1) is 10.3. The molecule has 0 bridgehead atoms. The molecule has 2 heterocycles. The van der Waals surface area contributed by atoms with E-state index in [0.717, 1.165) is 24.5 Å². The summed E-state index contributed by atoms with van der Waals surface area (Å²) in [5.41, 5.74) is 1.43. The van der Waals surface area contributed by atoms with E-state index < -0.39 is 0 Å². The molecule has 0 spiro atoms. The molecule has 0 amide bonds. The van der Waals surface area contributed by atoms with Crippen LogP contribution in [0.1, 0.15) is 30.7 Å². The molecule has 0 saturated carbocycles. The predicted molar refractivity (Wildman–Crippen MR) is 86.7 cm³/mol. The Morgan fingerprint density at radius 3 is 2.81 bits per heavy atom. The third-order valence-corrected chi connectivity index (χ3v) is 4.52. The van der Waals surface area contributed by atoms with Crippen LogP contribution in [-0.4, -0.2) is 34.3 Å². The minimum absolute atomic E-state index is 0.653. The van der Waals surface area contributed by atoms with E-state index in [2.05, 4.69) is 22.1 Å². The summed E-state index contributed by atoms with van der Waals surface area (Å²) in [5, 5.41) is 5.08. The highest BCUT2D eigenvalue weighted by molar-refractivity contribution is 6.30. The van der Waals surface area contributed by atoms with Crippen molar-refractivity contribution < 1.29 is 0 Å². The molecule has 1 saturated heterocycles. The number of rotatable bonds is 5. The standard InChI is InChI=1S/C17H22ClN3/c18-17-7-5-15(6-8-17)16-4-1-10-20(14-16)11-3-13-21-12-2-9-19-21/h2,5-9,12,16H,1,3-4,10-11,13-14H2. The molecule has 0 radical (unpaired) electrons. The number of nitrogens with zero attached hydrogens (tertiary/aromatic N) is 3. The van der Waals surface area contributed by atoms with Gasteiger partial charge in [-0.15, -0.1) is 0 Å². The first-order valence-corrected chi connectivity index (χ1v) is 8.14. The van der Waals surface area contributed by atoms with Crippen LogP contribution < -0.4 is 0 Å². The molecule has 1 aliphatic rings. The molecule has 4 heteroatoms. The molecule has 3 rings (SSSR count). The molecule has 1 atom stereocenters. The normalized spacial score (nSPS) is 19.8. The van der Waals surface area contributed by atoms with Gasteiger partial charge in [-0.1, -0.05) is 23.7 Å². The second-order valence-electron chi connectivity index (χ2n) is 5.81. The van der Waals surface area contributed by atoms with Crippen LogP contribution in [0.4, 0.5) is 0 Å². The first-order valence-electron chi connectivity index (χ1n) is 7.76. The van der Waals surface area contributed by atoms with Gasteiger partial charge in [-0.05, 0) is 62.0 Å². The number of halogens is 1. The third kappa shape index (κ3) is 4.08. The maximum Gasteiger partial charge on any atom is 0.0489 e. The van der Waals surface area contributed by atoms with E-state index >= 15 is 0 Å². The Morgan fingerprint density at radius 1 is 1.19 bits per heavy atom. The zero-order valence-electron chi connectivity index (χ0n) is 12.3. The van der Waals surface area contributed by atoms with E-state index in [9.17, 15) is 0 Å². The lowest BCUT2D eigenvalue weighted by atomic mass is 9.90. The average molecular weight is 304 g/mol. The van der Waals surface area contributed by atoms with Gasteiger partial charge in [-0.2, -0.15) is 5.10 Å². The van der Waals surface area contributed by atoms with Crippen molar-refractivity contribution in [1.82, 2.24) is 14.7 Å².